The molecule has 0 radical (unpaired) electrons. The number of nitrogens with one attached hydrogen (secondary N) is 1. The zero-order chi connectivity index (χ0) is 9.10. The predicted molar refractivity (Wildman–Crippen MR) is 52.7 cm³/mol. The highest BCUT2D eigenvalue weighted by Gasteiger charge is 2.02. The highest BCUT2D eigenvalue weighted by atomic mass is 16.3. The maximum Gasteiger partial charge on any atom is 0.139 e. The average molecular weight is 174 g/mol. The summed E-state index contributed by atoms with van der Waals surface area (Å²) in [6.45, 7) is 4.34. The third-order valence-electron chi connectivity index (χ3n) is 1.79. The van der Waals surface area contributed by atoms with Gasteiger partial charge in [-0.25, -0.2) is 4.98 Å². The summed E-state index contributed by atoms with van der Waals surface area (Å²) in [5, 5.41) is 4.14. The molecule has 0 unspecified atom stereocenters. The molecule has 0 aromatic carbocycles. The first-order valence-electron chi connectivity index (χ1n) is 4.09. The number of hydrogen-bond donors (Lipinski definition) is 1. The Bertz CT molecular complexity index is 420. The molecule has 3 nitrogen and oxygen atoms in total. The molecule has 2 aromatic rings. The van der Waals surface area contributed by atoms with E-state index in [9.17, 15) is 0 Å². The fourth-order valence-corrected chi connectivity index (χ4v) is 1.20. The molecule has 0 fully saturated rings. The van der Waals surface area contributed by atoms with Gasteiger partial charge in [-0.1, -0.05) is 6.08 Å². The number of furan rings is 1. The molecule has 1 N–H and O–H groups in total. The number of aromatic nitrogens is 1. The monoisotopic (exact) mass is 174 g/mol. The summed E-state index contributed by atoms with van der Waals surface area (Å²) >= 11 is 0. The van der Waals surface area contributed by atoms with E-state index in [0.29, 0.717) is 6.54 Å². The number of nitrogens with zero attached hydrogens (tertiary/aromatic N) is 1. The van der Waals surface area contributed by atoms with Crippen LogP contribution < -0.4 is 5.32 Å². The van der Waals surface area contributed by atoms with Gasteiger partial charge in [0, 0.05) is 12.7 Å². The van der Waals surface area contributed by atoms with Crippen molar-refractivity contribution < 1.29 is 4.42 Å². The maximum atomic E-state index is 5.23. The molecule has 66 valence electrons. The molecule has 0 aliphatic carbocycles. The van der Waals surface area contributed by atoms with Crippen LogP contribution in [0.4, 0.5) is 5.82 Å². The van der Waals surface area contributed by atoms with Crippen LogP contribution in [0.1, 0.15) is 0 Å². The molecule has 2 aromatic heterocycles. The molecule has 0 saturated heterocycles. The van der Waals surface area contributed by atoms with E-state index in [1.807, 2.05) is 12.1 Å². The van der Waals surface area contributed by atoms with Crippen molar-refractivity contribution in [3.63, 3.8) is 0 Å². The second-order valence-corrected chi connectivity index (χ2v) is 2.66. The molecule has 0 atom stereocenters. The van der Waals surface area contributed by atoms with Gasteiger partial charge >= 0.3 is 0 Å². The third-order valence-corrected chi connectivity index (χ3v) is 1.79. The van der Waals surface area contributed by atoms with Gasteiger partial charge in [0.1, 0.15) is 11.4 Å². The fourth-order valence-electron chi connectivity index (χ4n) is 1.20. The lowest BCUT2D eigenvalue weighted by atomic mass is 10.3. The lowest BCUT2D eigenvalue weighted by Crippen LogP contribution is -1.99. The zero-order valence-corrected chi connectivity index (χ0v) is 7.16. The Morgan fingerprint density at radius 2 is 2.46 bits per heavy atom. The third kappa shape index (κ3) is 1.40. The Hall–Kier alpha value is -1.77. The van der Waals surface area contributed by atoms with Crippen molar-refractivity contribution in [1.82, 2.24) is 4.98 Å². The molecule has 13 heavy (non-hydrogen) atoms. The summed E-state index contributed by atoms with van der Waals surface area (Å²) in [4.78, 5) is 4.20. The van der Waals surface area contributed by atoms with E-state index < -0.39 is 0 Å². The Kier molecular flexibility index (Phi) is 2.00. The molecule has 2 rings (SSSR count). The number of anilines is 1. The lowest BCUT2D eigenvalue weighted by Gasteiger charge is -2.01. The van der Waals surface area contributed by atoms with Crippen molar-refractivity contribution in [3.05, 3.63) is 37.2 Å². The molecular weight excluding hydrogens is 164 g/mol. The predicted octanol–water partition coefficient (Wildman–Crippen LogP) is 2.43. The van der Waals surface area contributed by atoms with Crippen LogP contribution in [0.25, 0.3) is 11.0 Å². The first kappa shape index (κ1) is 7.86. The van der Waals surface area contributed by atoms with Crippen molar-refractivity contribution in [2.45, 2.75) is 0 Å². The lowest BCUT2D eigenvalue weighted by molar-refractivity contribution is 0.615. The van der Waals surface area contributed by atoms with Crippen LogP contribution in [-0.4, -0.2) is 11.5 Å². The van der Waals surface area contributed by atoms with Gasteiger partial charge in [-0.05, 0) is 12.1 Å². The van der Waals surface area contributed by atoms with Crippen LogP contribution in [0.5, 0.6) is 0 Å². The van der Waals surface area contributed by atoms with Crippen LogP contribution in [0, 0.1) is 0 Å². The minimum Gasteiger partial charge on any atom is -0.464 e. The summed E-state index contributed by atoms with van der Waals surface area (Å²) in [5.74, 6) is 0.839. The summed E-state index contributed by atoms with van der Waals surface area (Å²) in [7, 11) is 0. The zero-order valence-electron chi connectivity index (χ0n) is 7.16. The van der Waals surface area contributed by atoms with E-state index >= 15 is 0 Å². The molecule has 0 spiro atoms. The van der Waals surface area contributed by atoms with E-state index in [0.717, 1.165) is 16.8 Å². The minimum absolute atomic E-state index is 0.706. The van der Waals surface area contributed by atoms with Gasteiger partial charge < -0.3 is 9.73 Å². The Morgan fingerprint density at radius 1 is 1.54 bits per heavy atom. The summed E-state index contributed by atoms with van der Waals surface area (Å²) in [5.41, 5.74) is 0.849. The Morgan fingerprint density at radius 3 is 3.31 bits per heavy atom. The Labute approximate surface area is 76.1 Å². The SMILES string of the molecule is C=CCNc1nccc2occc12. The van der Waals surface area contributed by atoms with E-state index in [1.165, 1.54) is 0 Å². The van der Waals surface area contributed by atoms with Gasteiger partial charge in [-0.15, -0.1) is 6.58 Å². The van der Waals surface area contributed by atoms with Gasteiger partial charge in [-0.3, -0.25) is 0 Å². The molecule has 0 saturated carbocycles. The normalized spacial score (nSPS) is 10.2. The molecular formula is C10H10N2O. The van der Waals surface area contributed by atoms with Gasteiger partial charge in [0.05, 0.1) is 11.6 Å². The summed E-state index contributed by atoms with van der Waals surface area (Å²) in [6, 6.07) is 3.74. The molecule has 3 heteroatoms. The van der Waals surface area contributed by atoms with Gasteiger partial charge in [0.2, 0.25) is 0 Å². The maximum absolute atomic E-state index is 5.23. The highest BCUT2D eigenvalue weighted by Crippen LogP contribution is 2.21. The standard InChI is InChI=1S/C10H10N2O/c1-2-5-11-10-8-4-7-13-9(8)3-6-12-10/h2-4,6-7H,1,5H2,(H,11,12). The first-order chi connectivity index (χ1) is 6.42. The van der Waals surface area contributed by atoms with E-state index in [-0.39, 0.29) is 0 Å². The second-order valence-electron chi connectivity index (χ2n) is 2.66. The Balaban J connectivity index is 2.42. The van der Waals surface area contributed by atoms with Crippen molar-refractivity contribution in [2.24, 2.45) is 0 Å². The fraction of sp³-hybridized carbons (Fsp3) is 0.100. The average Bonchev–Trinajstić information content (AvgIpc) is 2.62. The number of rotatable bonds is 3. The minimum atomic E-state index is 0.706. The smallest absolute Gasteiger partial charge is 0.139 e. The quantitative estimate of drug-likeness (QED) is 0.726. The number of hydrogen-bond acceptors (Lipinski definition) is 3. The van der Waals surface area contributed by atoms with Crippen LogP contribution in [0.2, 0.25) is 0 Å². The molecule has 2 heterocycles. The van der Waals surface area contributed by atoms with E-state index in [4.69, 9.17) is 4.42 Å². The highest BCUT2D eigenvalue weighted by molar-refractivity contribution is 5.87. The van der Waals surface area contributed by atoms with Crippen LogP contribution in [0.15, 0.2) is 41.7 Å². The molecule has 0 aliphatic heterocycles. The second kappa shape index (κ2) is 3.31. The van der Waals surface area contributed by atoms with Gasteiger partial charge in [0.25, 0.3) is 0 Å². The first-order valence-corrected chi connectivity index (χ1v) is 4.09. The topological polar surface area (TPSA) is 38.1 Å². The summed E-state index contributed by atoms with van der Waals surface area (Å²) < 4.78 is 5.23. The van der Waals surface area contributed by atoms with E-state index in [1.54, 1.807) is 18.5 Å². The van der Waals surface area contributed by atoms with Gasteiger partial charge in [0.15, 0.2) is 0 Å². The van der Waals surface area contributed by atoms with Crippen molar-refractivity contribution in [2.75, 3.05) is 11.9 Å². The molecule has 0 aliphatic rings. The van der Waals surface area contributed by atoms with Crippen LogP contribution in [0.3, 0.4) is 0 Å². The van der Waals surface area contributed by atoms with E-state index in [2.05, 4.69) is 16.9 Å². The van der Waals surface area contributed by atoms with Crippen molar-refractivity contribution in [3.8, 4) is 0 Å². The number of fused-ring (bicyclic) bond motifs is 1. The summed E-state index contributed by atoms with van der Waals surface area (Å²) in [6.07, 6.45) is 5.17. The number of pyridine rings is 1. The van der Waals surface area contributed by atoms with Crippen molar-refractivity contribution >= 4 is 16.8 Å². The molecule has 0 amide bonds. The van der Waals surface area contributed by atoms with Crippen LogP contribution >= 0.6 is 0 Å². The largest absolute Gasteiger partial charge is 0.464 e. The van der Waals surface area contributed by atoms with Crippen LogP contribution in [-0.2, 0) is 0 Å². The van der Waals surface area contributed by atoms with Crippen molar-refractivity contribution in [1.29, 1.82) is 0 Å². The molecule has 0 bridgehead atoms. The van der Waals surface area contributed by atoms with Gasteiger partial charge in [-0.2, -0.15) is 0 Å².